The quantitative estimate of drug-likeness (QED) is 0.491. The molecule has 1 aliphatic rings. The highest BCUT2D eigenvalue weighted by atomic mass is 19.1. The number of hydrogen-bond acceptors (Lipinski definition) is 5. The van der Waals surface area contributed by atoms with Crippen LogP contribution in [0.2, 0.25) is 0 Å². The van der Waals surface area contributed by atoms with Crippen molar-refractivity contribution < 1.29 is 18.3 Å². The molecule has 1 aromatic heterocycles. The van der Waals surface area contributed by atoms with E-state index in [2.05, 4.69) is 32.3 Å². The number of ether oxygens (including phenoxy) is 1. The summed E-state index contributed by atoms with van der Waals surface area (Å²) >= 11 is 0. The Morgan fingerprint density at radius 3 is 2.53 bits per heavy atom. The van der Waals surface area contributed by atoms with Gasteiger partial charge in [-0.1, -0.05) is 19.8 Å². The summed E-state index contributed by atoms with van der Waals surface area (Å²) in [6.45, 7) is 9.80. The minimum absolute atomic E-state index is 0.00294. The first-order valence-electron chi connectivity index (χ1n) is 11.8. The van der Waals surface area contributed by atoms with Crippen LogP contribution in [0.15, 0.2) is 36.4 Å². The number of carbonyl (C=O) groups is 1. The van der Waals surface area contributed by atoms with Gasteiger partial charge in [0.2, 0.25) is 0 Å². The second-order valence-corrected chi connectivity index (χ2v) is 8.93. The van der Waals surface area contributed by atoms with Crippen LogP contribution in [0, 0.1) is 30.4 Å². The Morgan fingerprint density at radius 2 is 1.83 bits per heavy atom. The first-order valence-corrected chi connectivity index (χ1v) is 11.8. The van der Waals surface area contributed by atoms with Crippen molar-refractivity contribution in [1.82, 2.24) is 10.2 Å². The van der Waals surface area contributed by atoms with Crippen LogP contribution in [0.25, 0.3) is 11.3 Å². The van der Waals surface area contributed by atoms with Gasteiger partial charge in [-0.3, -0.25) is 4.79 Å². The monoisotopic (exact) mass is 490 g/mol. The van der Waals surface area contributed by atoms with Gasteiger partial charge in [-0.05, 0) is 73.2 Å². The second kappa shape index (κ2) is 10.8. The molecule has 3 aromatic rings. The maximum Gasteiger partial charge on any atom is 0.255 e. The number of aromatic nitrogens is 2. The third kappa shape index (κ3) is 5.37. The number of halogens is 2. The average Bonchev–Trinajstić information content (AvgIpc) is 2.86. The van der Waals surface area contributed by atoms with E-state index in [0.29, 0.717) is 54.4 Å². The minimum Gasteiger partial charge on any atom is -0.378 e. The summed E-state index contributed by atoms with van der Waals surface area (Å²) in [7, 11) is 0. The molecular formula is C28H28F2N4O2. The number of carbonyl (C=O) groups excluding carboxylic acids is 1. The molecule has 0 bridgehead atoms. The van der Waals surface area contributed by atoms with E-state index in [9.17, 15) is 13.6 Å². The molecule has 0 spiro atoms. The van der Waals surface area contributed by atoms with E-state index in [1.165, 1.54) is 24.3 Å². The number of nitrogens with one attached hydrogen (secondary N) is 1. The second-order valence-electron chi connectivity index (χ2n) is 8.93. The Bertz CT molecular complexity index is 1360. The van der Waals surface area contributed by atoms with E-state index < -0.39 is 11.7 Å². The van der Waals surface area contributed by atoms with Crippen molar-refractivity contribution in [3.63, 3.8) is 0 Å². The molecule has 0 radical (unpaired) electrons. The maximum absolute atomic E-state index is 14.9. The van der Waals surface area contributed by atoms with Gasteiger partial charge in [-0.25, -0.2) is 8.78 Å². The summed E-state index contributed by atoms with van der Waals surface area (Å²) in [5.41, 5.74) is 3.89. The molecule has 4 rings (SSSR count). The summed E-state index contributed by atoms with van der Waals surface area (Å²) < 4.78 is 34.4. The SMILES string of the molecule is CC#Cc1nnc(-c2cc(NC(=O)c3ccc(F)c(C(C)C)c3)c(F)cc2C)cc1N1CCOCC1. The number of nitrogens with zero attached hydrogens (tertiary/aromatic N) is 3. The van der Waals surface area contributed by atoms with E-state index in [4.69, 9.17) is 4.74 Å². The lowest BCUT2D eigenvalue weighted by molar-refractivity contribution is 0.102. The molecule has 1 fully saturated rings. The van der Waals surface area contributed by atoms with Crippen molar-refractivity contribution >= 4 is 17.3 Å². The van der Waals surface area contributed by atoms with Gasteiger partial charge in [-0.2, -0.15) is 0 Å². The fourth-order valence-electron chi connectivity index (χ4n) is 4.13. The molecular weight excluding hydrogens is 462 g/mol. The summed E-state index contributed by atoms with van der Waals surface area (Å²) in [5.74, 6) is 4.29. The first-order chi connectivity index (χ1) is 17.3. The number of amides is 1. The molecule has 36 heavy (non-hydrogen) atoms. The number of benzene rings is 2. The predicted octanol–water partition coefficient (Wildman–Crippen LogP) is 5.31. The van der Waals surface area contributed by atoms with Crippen LogP contribution < -0.4 is 10.2 Å². The standard InChI is InChI=1S/C28H28F2N4O2/c1-5-6-24-27(34-9-11-36-12-10-34)16-25(33-32-24)21-15-26(23(30)13-18(21)4)31-28(35)19-7-8-22(29)20(14-19)17(2)3/h7-8,13-17H,9-12H2,1-4H3,(H,31,35). The van der Waals surface area contributed by atoms with Gasteiger partial charge in [0.25, 0.3) is 5.91 Å². The Balaban J connectivity index is 1.69. The van der Waals surface area contributed by atoms with Gasteiger partial charge in [0.15, 0.2) is 5.69 Å². The van der Waals surface area contributed by atoms with Gasteiger partial charge in [0, 0.05) is 24.2 Å². The molecule has 186 valence electrons. The third-order valence-corrected chi connectivity index (χ3v) is 6.09. The molecule has 0 saturated carbocycles. The highest BCUT2D eigenvalue weighted by Crippen LogP contribution is 2.31. The average molecular weight is 491 g/mol. The Hall–Kier alpha value is -3.83. The number of hydrogen-bond donors (Lipinski definition) is 1. The van der Waals surface area contributed by atoms with Crippen molar-refractivity contribution in [2.45, 2.75) is 33.6 Å². The third-order valence-electron chi connectivity index (χ3n) is 6.09. The van der Waals surface area contributed by atoms with Crippen LogP contribution >= 0.6 is 0 Å². The normalized spacial score (nSPS) is 13.4. The van der Waals surface area contributed by atoms with Crippen LogP contribution in [0.3, 0.4) is 0 Å². The van der Waals surface area contributed by atoms with Crippen LogP contribution in [0.1, 0.15) is 53.9 Å². The zero-order chi connectivity index (χ0) is 25.8. The highest BCUT2D eigenvalue weighted by Gasteiger charge is 2.20. The molecule has 2 heterocycles. The zero-order valence-corrected chi connectivity index (χ0v) is 20.8. The van der Waals surface area contributed by atoms with E-state index in [1.54, 1.807) is 19.9 Å². The molecule has 6 nitrogen and oxygen atoms in total. The number of rotatable bonds is 5. The smallest absolute Gasteiger partial charge is 0.255 e. The van der Waals surface area contributed by atoms with Gasteiger partial charge in [-0.15, -0.1) is 10.2 Å². The molecule has 2 aromatic carbocycles. The number of morpholine rings is 1. The van der Waals surface area contributed by atoms with Crippen LogP contribution in [0.4, 0.5) is 20.2 Å². The Kier molecular flexibility index (Phi) is 7.61. The first kappa shape index (κ1) is 25.3. The van der Waals surface area contributed by atoms with Gasteiger partial charge in [0.1, 0.15) is 11.6 Å². The topological polar surface area (TPSA) is 67.4 Å². The van der Waals surface area contributed by atoms with Crippen molar-refractivity contribution in [3.05, 3.63) is 70.4 Å². The van der Waals surface area contributed by atoms with E-state index >= 15 is 0 Å². The van der Waals surface area contributed by atoms with Crippen molar-refractivity contribution in [1.29, 1.82) is 0 Å². The van der Waals surface area contributed by atoms with Gasteiger partial charge >= 0.3 is 0 Å². The fraction of sp³-hybridized carbons (Fsp3) is 0.321. The molecule has 1 amide bonds. The lowest BCUT2D eigenvalue weighted by Gasteiger charge is -2.29. The molecule has 0 atom stereocenters. The lowest BCUT2D eigenvalue weighted by atomic mass is 9.99. The maximum atomic E-state index is 14.9. The van der Waals surface area contributed by atoms with Gasteiger partial charge < -0.3 is 15.0 Å². The summed E-state index contributed by atoms with van der Waals surface area (Å²) in [6.07, 6.45) is 0. The van der Waals surface area contributed by atoms with Crippen molar-refractivity contribution in [3.8, 4) is 23.1 Å². The number of aryl methyl sites for hydroxylation is 1. The molecule has 1 aliphatic heterocycles. The number of anilines is 2. The molecule has 1 saturated heterocycles. The summed E-state index contributed by atoms with van der Waals surface area (Å²) in [4.78, 5) is 15.0. The van der Waals surface area contributed by atoms with Crippen molar-refractivity contribution in [2.24, 2.45) is 0 Å². The molecule has 8 heteroatoms. The Labute approximate surface area is 209 Å². The minimum atomic E-state index is -0.578. The predicted molar refractivity (Wildman–Crippen MR) is 136 cm³/mol. The molecule has 0 unspecified atom stereocenters. The molecule has 1 N–H and O–H groups in total. The van der Waals surface area contributed by atoms with Crippen LogP contribution in [-0.4, -0.2) is 42.4 Å². The lowest BCUT2D eigenvalue weighted by Crippen LogP contribution is -2.36. The van der Waals surface area contributed by atoms with Gasteiger partial charge in [0.05, 0.1) is 30.3 Å². The van der Waals surface area contributed by atoms with E-state index in [0.717, 1.165) is 5.69 Å². The zero-order valence-electron chi connectivity index (χ0n) is 20.8. The molecule has 0 aliphatic carbocycles. The fourth-order valence-corrected chi connectivity index (χ4v) is 4.13. The largest absolute Gasteiger partial charge is 0.378 e. The van der Waals surface area contributed by atoms with E-state index in [1.807, 2.05) is 19.9 Å². The Morgan fingerprint density at radius 1 is 1.08 bits per heavy atom. The van der Waals surface area contributed by atoms with E-state index in [-0.39, 0.29) is 23.0 Å². The summed E-state index contributed by atoms with van der Waals surface area (Å²) in [5, 5.41) is 11.3. The van der Waals surface area contributed by atoms with Crippen molar-refractivity contribution in [2.75, 3.05) is 36.5 Å². The summed E-state index contributed by atoms with van der Waals surface area (Å²) in [6, 6.07) is 8.93. The van der Waals surface area contributed by atoms with Crippen LogP contribution in [-0.2, 0) is 4.74 Å². The highest BCUT2D eigenvalue weighted by molar-refractivity contribution is 6.04. The van der Waals surface area contributed by atoms with Crippen LogP contribution in [0.5, 0.6) is 0 Å².